The van der Waals surface area contributed by atoms with E-state index in [0.717, 1.165) is 36.3 Å². The Morgan fingerprint density at radius 2 is 1.81 bits per heavy atom. The van der Waals surface area contributed by atoms with E-state index in [1.54, 1.807) is 6.92 Å². The molecular weight excluding hydrogens is 468 g/mol. The molecule has 0 radical (unpaired) electrons. The standard InChI is InChI=1S/C29H40N4O4/c1-21(28(30)35)10-15-27(34)32-26(29(36)31-17-16-24-9-6-18-33(24)2)19-22-11-13-25(14-12-22)37-20-23-7-4-3-5-8-23/h3-5,7-8,11-14,21,24,26H,6,9-10,15-20H2,1-2H3,(H2,30,35)(H,31,36)(H,32,34). The van der Waals surface area contributed by atoms with E-state index in [2.05, 4.69) is 22.6 Å². The van der Waals surface area contributed by atoms with Crippen molar-refractivity contribution in [2.24, 2.45) is 11.7 Å². The second kappa shape index (κ2) is 14.4. The number of nitrogens with one attached hydrogen (secondary N) is 2. The average molecular weight is 509 g/mol. The predicted octanol–water partition coefficient (Wildman–Crippen LogP) is 2.80. The Morgan fingerprint density at radius 3 is 2.46 bits per heavy atom. The van der Waals surface area contributed by atoms with Gasteiger partial charge in [-0.1, -0.05) is 49.4 Å². The molecule has 1 fully saturated rings. The minimum absolute atomic E-state index is 0.132. The van der Waals surface area contributed by atoms with Gasteiger partial charge in [-0.25, -0.2) is 0 Å². The Bertz CT molecular complexity index is 1010. The van der Waals surface area contributed by atoms with Gasteiger partial charge >= 0.3 is 0 Å². The van der Waals surface area contributed by atoms with Gasteiger partial charge in [0.1, 0.15) is 18.4 Å². The van der Waals surface area contributed by atoms with Gasteiger partial charge in [-0.05, 0) is 62.5 Å². The van der Waals surface area contributed by atoms with E-state index in [1.807, 2.05) is 54.6 Å². The van der Waals surface area contributed by atoms with Crippen LogP contribution in [-0.2, 0) is 27.4 Å². The van der Waals surface area contributed by atoms with Crippen molar-refractivity contribution in [2.75, 3.05) is 20.1 Å². The third-order valence-electron chi connectivity index (χ3n) is 7.00. The van der Waals surface area contributed by atoms with Crippen LogP contribution in [0.1, 0.15) is 50.2 Å². The number of ether oxygens (including phenoxy) is 1. The zero-order valence-corrected chi connectivity index (χ0v) is 21.9. The van der Waals surface area contributed by atoms with Crippen LogP contribution < -0.4 is 21.1 Å². The minimum atomic E-state index is -0.714. The van der Waals surface area contributed by atoms with Crippen LogP contribution in [0, 0.1) is 5.92 Å². The highest BCUT2D eigenvalue weighted by molar-refractivity contribution is 5.88. The lowest BCUT2D eigenvalue weighted by atomic mass is 10.0. The van der Waals surface area contributed by atoms with E-state index in [1.165, 1.54) is 6.42 Å². The summed E-state index contributed by atoms with van der Waals surface area (Å²) in [4.78, 5) is 39.3. The Kier molecular flexibility index (Phi) is 11.0. The topological polar surface area (TPSA) is 114 Å². The predicted molar refractivity (Wildman–Crippen MR) is 144 cm³/mol. The SMILES string of the molecule is CC(CCC(=O)NC(Cc1ccc(OCc2ccccc2)cc1)C(=O)NCCC1CCCN1C)C(N)=O. The molecule has 2 aromatic carbocycles. The van der Waals surface area contributed by atoms with Crippen LogP contribution in [-0.4, -0.2) is 54.8 Å². The number of rotatable bonds is 14. The first-order chi connectivity index (χ1) is 17.8. The third kappa shape index (κ3) is 9.53. The Balaban J connectivity index is 1.57. The van der Waals surface area contributed by atoms with Crippen molar-refractivity contribution in [3.8, 4) is 5.75 Å². The summed E-state index contributed by atoms with van der Waals surface area (Å²) in [7, 11) is 2.11. The van der Waals surface area contributed by atoms with E-state index in [4.69, 9.17) is 10.5 Å². The number of carbonyl (C=O) groups is 3. The van der Waals surface area contributed by atoms with Crippen molar-refractivity contribution in [1.82, 2.24) is 15.5 Å². The summed E-state index contributed by atoms with van der Waals surface area (Å²) in [5.41, 5.74) is 7.30. The Morgan fingerprint density at radius 1 is 1.08 bits per heavy atom. The maximum atomic E-state index is 13.1. The van der Waals surface area contributed by atoms with Gasteiger partial charge in [0.15, 0.2) is 0 Å². The van der Waals surface area contributed by atoms with E-state index in [0.29, 0.717) is 32.0 Å². The Hall–Kier alpha value is -3.39. The van der Waals surface area contributed by atoms with Crippen molar-refractivity contribution in [3.63, 3.8) is 0 Å². The van der Waals surface area contributed by atoms with Gasteiger partial charge in [0.05, 0.1) is 0 Å². The number of carbonyl (C=O) groups excluding carboxylic acids is 3. The van der Waals surface area contributed by atoms with Gasteiger partial charge in [-0.15, -0.1) is 0 Å². The molecule has 1 saturated heterocycles. The number of hydrogen-bond acceptors (Lipinski definition) is 5. The van der Waals surface area contributed by atoms with Gasteiger partial charge in [0, 0.05) is 31.3 Å². The molecule has 8 heteroatoms. The van der Waals surface area contributed by atoms with Crippen LogP contribution in [0.2, 0.25) is 0 Å². The number of benzene rings is 2. The first kappa shape index (κ1) is 28.2. The van der Waals surface area contributed by atoms with E-state index < -0.39 is 17.9 Å². The molecule has 0 spiro atoms. The first-order valence-corrected chi connectivity index (χ1v) is 13.1. The van der Waals surface area contributed by atoms with Gasteiger partial charge in [-0.2, -0.15) is 0 Å². The number of nitrogens with zero attached hydrogens (tertiary/aromatic N) is 1. The molecule has 0 aliphatic carbocycles. The van der Waals surface area contributed by atoms with Gasteiger partial charge in [-0.3, -0.25) is 14.4 Å². The molecule has 0 saturated carbocycles. The number of amides is 3. The summed E-state index contributed by atoms with van der Waals surface area (Å²) in [5.74, 6) is -0.579. The van der Waals surface area contributed by atoms with Crippen molar-refractivity contribution in [3.05, 3.63) is 65.7 Å². The summed E-state index contributed by atoms with van der Waals surface area (Å²) in [5, 5.41) is 5.87. The van der Waals surface area contributed by atoms with Crippen molar-refractivity contribution in [1.29, 1.82) is 0 Å². The number of likely N-dealkylation sites (tertiary alicyclic amines) is 1. The highest BCUT2D eigenvalue weighted by Crippen LogP contribution is 2.18. The largest absolute Gasteiger partial charge is 0.489 e. The third-order valence-corrected chi connectivity index (χ3v) is 7.00. The summed E-state index contributed by atoms with van der Waals surface area (Å²) < 4.78 is 5.86. The molecule has 1 aliphatic heterocycles. The summed E-state index contributed by atoms with van der Waals surface area (Å²) in [6.07, 6.45) is 4.04. The van der Waals surface area contributed by atoms with Crippen LogP contribution in [0.25, 0.3) is 0 Å². The van der Waals surface area contributed by atoms with Crippen LogP contribution in [0.3, 0.4) is 0 Å². The smallest absolute Gasteiger partial charge is 0.242 e. The van der Waals surface area contributed by atoms with Crippen LogP contribution >= 0.6 is 0 Å². The lowest BCUT2D eigenvalue weighted by molar-refractivity contribution is -0.129. The van der Waals surface area contributed by atoms with Crippen LogP contribution in [0.15, 0.2) is 54.6 Å². The molecule has 0 aromatic heterocycles. The first-order valence-electron chi connectivity index (χ1n) is 13.1. The Labute approximate surface area is 219 Å². The number of hydrogen-bond donors (Lipinski definition) is 3. The molecule has 1 aliphatic rings. The molecule has 3 unspecified atom stereocenters. The van der Waals surface area contributed by atoms with Gasteiger partial charge < -0.3 is 26.0 Å². The molecule has 3 amide bonds. The van der Waals surface area contributed by atoms with Crippen LogP contribution in [0.5, 0.6) is 5.75 Å². The molecule has 37 heavy (non-hydrogen) atoms. The van der Waals surface area contributed by atoms with Crippen molar-refractivity contribution in [2.45, 2.75) is 64.1 Å². The van der Waals surface area contributed by atoms with Crippen LogP contribution in [0.4, 0.5) is 0 Å². The van der Waals surface area contributed by atoms with Crippen molar-refractivity contribution < 1.29 is 19.1 Å². The van der Waals surface area contributed by atoms with E-state index in [9.17, 15) is 14.4 Å². The molecule has 1 heterocycles. The summed E-state index contributed by atoms with van der Waals surface area (Å²) in [6, 6.07) is 17.3. The number of primary amides is 1. The van der Waals surface area contributed by atoms with Gasteiger partial charge in [0.2, 0.25) is 17.7 Å². The molecule has 4 N–H and O–H groups in total. The number of nitrogens with two attached hydrogens (primary N) is 1. The fourth-order valence-electron chi connectivity index (χ4n) is 4.49. The summed E-state index contributed by atoms with van der Waals surface area (Å²) >= 11 is 0. The molecule has 0 bridgehead atoms. The molecule has 2 aromatic rings. The average Bonchev–Trinajstić information content (AvgIpc) is 3.31. The lowest BCUT2D eigenvalue weighted by Crippen LogP contribution is -2.48. The fraction of sp³-hybridized carbons (Fsp3) is 0.483. The minimum Gasteiger partial charge on any atom is -0.489 e. The highest BCUT2D eigenvalue weighted by atomic mass is 16.5. The maximum Gasteiger partial charge on any atom is 0.242 e. The normalized spacial score (nSPS) is 17.1. The summed E-state index contributed by atoms with van der Waals surface area (Å²) in [6.45, 7) is 3.82. The van der Waals surface area contributed by atoms with Gasteiger partial charge in [0.25, 0.3) is 0 Å². The molecule has 200 valence electrons. The monoisotopic (exact) mass is 508 g/mol. The highest BCUT2D eigenvalue weighted by Gasteiger charge is 2.24. The fourth-order valence-corrected chi connectivity index (χ4v) is 4.49. The van der Waals surface area contributed by atoms with Crippen molar-refractivity contribution >= 4 is 17.7 Å². The molecular formula is C29H40N4O4. The zero-order valence-electron chi connectivity index (χ0n) is 21.9. The molecule has 3 atom stereocenters. The quantitative estimate of drug-likeness (QED) is 0.363. The molecule has 8 nitrogen and oxygen atoms in total. The second-order valence-electron chi connectivity index (χ2n) is 9.94. The zero-order chi connectivity index (χ0) is 26.6. The lowest BCUT2D eigenvalue weighted by Gasteiger charge is -2.22. The molecule has 3 rings (SSSR count). The van der Waals surface area contributed by atoms with E-state index in [-0.39, 0.29) is 18.2 Å². The maximum absolute atomic E-state index is 13.1. The second-order valence-corrected chi connectivity index (χ2v) is 9.94. The van der Waals surface area contributed by atoms with E-state index >= 15 is 0 Å².